The van der Waals surface area contributed by atoms with Crippen LogP contribution in [-0.2, 0) is 5.75 Å². The molecule has 1 aliphatic heterocycles. The van der Waals surface area contributed by atoms with Crippen LogP contribution in [0.5, 0.6) is 0 Å². The van der Waals surface area contributed by atoms with Gasteiger partial charge in [-0.15, -0.1) is 11.8 Å². The molecular formula is C18H24N4O2S. The van der Waals surface area contributed by atoms with Crippen molar-refractivity contribution in [3.8, 4) is 0 Å². The zero-order chi connectivity index (χ0) is 17.5. The zero-order valence-electron chi connectivity index (χ0n) is 14.5. The fourth-order valence-corrected chi connectivity index (χ4v) is 3.86. The second-order valence-corrected chi connectivity index (χ2v) is 7.29. The third kappa shape index (κ3) is 5.31. The van der Waals surface area contributed by atoms with Crippen molar-refractivity contribution in [3.05, 3.63) is 41.5 Å². The number of hydrogen-bond acceptors (Lipinski definition) is 6. The number of aryl methyl sites for hydroxylation is 1. The molecule has 3 rings (SSSR count). The molecule has 1 saturated heterocycles. The molecule has 2 heterocycles. The number of carbonyl (C=O) groups is 1. The lowest BCUT2D eigenvalue weighted by Gasteiger charge is -2.22. The van der Waals surface area contributed by atoms with Gasteiger partial charge in [-0.3, -0.25) is 4.79 Å². The van der Waals surface area contributed by atoms with Gasteiger partial charge in [-0.05, 0) is 57.3 Å². The van der Waals surface area contributed by atoms with Crippen LogP contribution >= 0.6 is 11.8 Å². The maximum atomic E-state index is 12.5. The molecule has 0 saturated carbocycles. The Morgan fingerprint density at radius 3 is 3.08 bits per heavy atom. The van der Waals surface area contributed by atoms with Crippen LogP contribution in [0.1, 0.15) is 41.3 Å². The highest BCUT2D eigenvalue weighted by atomic mass is 32.2. The van der Waals surface area contributed by atoms with Gasteiger partial charge in [0.2, 0.25) is 5.89 Å². The summed E-state index contributed by atoms with van der Waals surface area (Å²) < 4.78 is 5.13. The molecule has 0 bridgehead atoms. The second kappa shape index (κ2) is 9.01. The normalized spacial score (nSPS) is 17.4. The molecule has 0 radical (unpaired) electrons. The average molecular weight is 360 g/mol. The van der Waals surface area contributed by atoms with E-state index in [1.165, 1.54) is 24.6 Å². The number of nitrogens with zero attached hydrogens (tertiary/aromatic N) is 2. The van der Waals surface area contributed by atoms with Crippen LogP contribution in [0.15, 0.2) is 33.7 Å². The van der Waals surface area contributed by atoms with E-state index in [1.807, 2.05) is 24.3 Å². The first kappa shape index (κ1) is 17.9. The number of hydrogen-bond donors (Lipinski definition) is 2. The minimum Gasteiger partial charge on any atom is -0.352 e. The lowest BCUT2D eigenvalue weighted by molar-refractivity contribution is 0.0947. The third-order valence-electron chi connectivity index (χ3n) is 4.29. The van der Waals surface area contributed by atoms with Crippen molar-refractivity contribution >= 4 is 17.7 Å². The van der Waals surface area contributed by atoms with Crippen LogP contribution in [-0.4, -0.2) is 35.7 Å². The Morgan fingerprint density at radius 1 is 1.44 bits per heavy atom. The number of benzene rings is 1. The number of piperidine rings is 1. The van der Waals surface area contributed by atoms with Crippen LogP contribution in [0, 0.1) is 12.8 Å². The molecule has 2 aromatic rings. The molecule has 1 fully saturated rings. The number of carbonyl (C=O) groups excluding carboxylic acids is 1. The van der Waals surface area contributed by atoms with Gasteiger partial charge in [0, 0.05) is 11.4 Å². The highest BCUT2D eigenvalue weighted by molar-refractivity contribution is 7.98. The van der Waals surface area contributed by atoms with Gasteiger partial charge in [0.15, 0.2) is 5.82 Å². The molecule has 1 atom stereocenters. The van der Waals surface area contributed by atoms with Gasteiger partial charge in [0.25, 0.3) is 5.91 Å². The lowest BCUT2D eigenvalue weighted by Crippen LogP contribution is -2.33. The van der Waals surface area contributed by atoms with Crippen molar-refractivity contribution in [2.75, 3.05) is 19.6 Å². The van der Waals surface area contributed by atoms with Gasteiger partial charge in [-0.25, -0.2) is 0 Å². The van der Waals surface area contributed by atoms with Crippen LogP contribution < -0.4 is 10.6 Å². The van der Waals surface area contributed by atoms with E-state index in [0.29, 0.717) is 35.5 Å². The Bertz CT molecular complexity index is 698. The molecule has 1 aromatic carbocycles. The summed E-state index contributed by atoms with van der Waals surface area (Å²) in [6, 6.07) is 7.64. The van der Waals surface area contributed by atoms with Crippen molar-refractivity contribution in [3.63, 3.8) is 0 Å². The minimum atomic E-state index is -0.0198. The molecule has 0 spiro atoms. The van der Waals surface area contributed by atoms with E-state index in [9.17, 15) is 4.79 Å². The number of thioether (sulfide) groups is 1. The van der Waals surface area contributed by atoms with E-state index in [2.05, 4.69) is 20.8 Å². The van der Waals surface area contributed by atoms with Crippen LogP contribution in [0.4, 0.5) is 0 Å². The molecule has 1 aliphatic rings. The van der Waals surface area contributed by atoms with E-state index in [-0.39, 0.29) is 5.91 Å². The van der Waals surface area contributed by atoms with Gasteiger partial charge in [-0.2, -0.15) is 4.98 Å². The van der Waals surface area contributed by atoms with E-state index in [0.717, 1.165) is 24.4 Å². The maximum absolute atomic E-state index is 12.5. The minimum absolute atomic E-state index is 0.0198. The smallest absolute Gasteiger partial charge is 0.252 e. The summed E-state index contributed by atoms with van der Waals surface area (Å²) in [7, 11) is 0. The van der Waals surface area contributed by atoms with Gasteiger partial charge in [0.05, 0.1) is 11.3 Å². The maximum Gasteiger partial charge on any atom is 0.252 e. The van der Waals surface area contributed by atoms with Crippen molar-refractivity contribution in [2.24, 2.45) is 5.92 Å². The summed E-state index contributed by atoms with van der Waals surface area (Å²) in [5, 5.41) is 10.3. The van der Waals surface area contributed by atoms with Gasteiger partial charge in [-0.1, -0.05) is 17.3 Å². The molecule has 6 nitrogen and oxygen atoms in total. The van der Waals surface area contributed by atoms with E-state index < -0.39 is 0 Å². The SMILES string of the molecule is Cc1noc(CSc2ccccc2C(=O)NCCC2CCCNC2)n1. The van der Waals surface area contributed by atoms with E-state index in [4.69, 9.17) is 4.52 Å². The molecule has 1 amide bonds. The third-order valence-corrected chi connectivity index (χ3v) is 5.35. The predicted molar refractivity (Wildman–Crippen MR) is 97.6 cm³/mol. The number of aromatic nitrogens is 2. The summed E-state index contributed by atoms with van der Waals surface area (Å²) in [5.74, 6) is 2.40. The van der Waals surface area contributed by atoms with E-state index in [1.54, 1.807) is 6.92 Å². The summed E-state index contributed by atoms with van der Waals surface area (Å²) in [4.78, 5) is 17.7. The summed E-state index contributed by atoms with van der Waals surface area (Å²) in [6.45, 7) is 4.69. The number of amides is 1. The molecule has 25 heavy (non-hydrogen) atoms. The first-order valence-corrected chi connectivity index (χ1v) is 9.71. The number of nitrogens with one attached hydrogen (secondary N) is 2. The molecule has 1 unspecified atom stereocenters. The molecular weight excluding hydrogens is 336 g/mol. The number of rotatable bonds is 7. The first-order valence-electron chi connectivity index (χ1n) is 8.72. The highest BCUT2D eigenvalue weighted by Crippen LogP contribution is 2.26. The Labute approximate surface area is 152 Å². The molecule has 7 heteroatoms. The molecule has 0 aliphatic carbocycles. The highest BCUT2D eigenvalue weighted by Gasteiger charge is 2.15. The van der Waals surface area contributed by atoms with Crippen molar-refractivity contribution < 1.29 is 9.32 Å². The summed E-state index contributed by atoms with van der Waals surface area (Å²) >= 11 is 1.54. The average Bonchev–Trinajstić information content (AvgIpc) is 3.06. The Hall–Kier alpha value is -1.86. The zero-order valence-corrected chi connectivity index (χ0v) is 15.3. The monoisotopic (exact) mass is 360 g/mol. The summed E-state index contributed by atoms with van der Waals surface area (Å²) in [5.41, 5.74) is 0.700. The van der Waals surface area contributed by atoms with Crippen LogP contribution in [0.2, 0.25) is 0 Å². The fourth-order valence-electron chi connectivity index (χ4n) is 2.97. The second-order valence-electron chi connectivity index (χ2n) is 6.28. The standard InChI is InChI=1S/C18H24N4O2S/c1-13-21-17(24-22-13)12-25-16-7-3-2-6-15(16)18(23)20-10-8-14-5-4-9-19-11-14/h2-3,6-7,14,19H,4-5,8-12H2,1H3,(H,20,23). The van der Waals surface area contributed by atoms with Crippen molar-refractivity contribution in [1.29, 1.82) is 0 Å². The van der Waals surface area contributed by atoms with Gasteiger partial charge < -0.3 is 15.2 Å². The quantitative estimate of drug-likeness (QED) is 0.739. The van der Waals surface area contributed by atoms with Gasteiger partial charge in [0.1, 0.15) is 0 Å². The van der Waals surface area contributed by atoms with Crippen LogP contribution in [0.3, 0.4) is 0 Å². The van der Waals surface area contributed by atoms with Gasteiger partial charge >= 0.3 is 0 Å². The lowest BCUT2D eigenvalue weighted by atomic mass is 9.96. The largest absolute Gasteiger partial charge is 0.352 e. The Kier molecular flexibility index (Phi) is 6.47. The first-order chi connectivity index (χ1) is 12.2. The predicted octanol–water partition coefficient (Wildman–Crippen LogP) is 2.79. The Morgan fingerprint density at radius 2 is 2.32 bits per heavy atom. The topological polar surface area (TPSA) is 80.0 Å². The molecule has 2 N–H and O–H groups in total. The van der Waals surface area contributed by atoms with E-state index >= 15 is 0 Å². The fraction of sp³-hybridized carbons (Fsp3) is 0.500. The summed E-state index contributed by atoms with van der Waals surface area (Å²) in [6.07, 6.45) is 3.50. The van der Waals surface area contributed by atoms with Crippen LogP contribution in [0.25, 0.3) is 0 Å². The Balaban J connectivity index is 1.52. The molecule has 134 valence electrons. The molecule has 1 aromatic heterocycles. The van der Waals surface area contributed by atoms with Crippen molar-refractivity contribution in [2.45, 2.75) is 36.8 Å². The van der Waals surface area contributed by atoms with Crippen molar-refractivity contribution in [1.82, 2.24) is 20.8 Å².